The quantitative estimate of drug-likeness (QED) is 0.419. The topological polar surface area (TPSA) is 77.5 Å². The molecule has 1 amide bonds. The molecular formula is C26H22N2O4. The number of nitrogens with one attached hydrogen (secondary N) is 1. The maximum absolute atomic E-state index is 13.3. The number of para-hydroxylation sites is 1. The van der Waals surface area contributed by atoms with Crippen molar-refractivity contribution >= 4 is 28.3 Å². The molecule has 4 aromatic rings. The molecule has 1 aromatic heterocycles. The molecule has 0 spiro atoms. The minimum atomic E-state index is -0.293. The number of amides is 1. The molecule has 1 heterocycles. The summed E-state index contributed by atoms with van der Waals surface area (Å²) in [6, 6.07) is 21.5. The van der Waals surface area contributed by atoms with E-state index in [0.29, 0.717) is 39.5 Å². The average Bonchev–Trinajstić information content (AvgIpc) is 2.82. The Morgan fingerprint density at radius 3 is 2.44 bits per heavy atom. The molecule has 0 aliphatic heterocycles. The van der Waals surface area contributed by atoms with Crippen LogP contribution < -0.4 is 14.8 Å². The molecule has 32 heavy (non-hydrogen) atoms. The number of carbonyl (C=O) groups excluding carboxylic acids is 2. The first-order valence-corrected chi connectivity index (χ1v) is 10.0. The zero-order valence-electron chi connectivity index (χ0n) is 18.0. The number of methoxy groups -OCH3 is 2. The lowest BCUT2D eigenvalue weighted by molar-refractivity contribution is 0.101. The van der Waals surface area contributed by atoms with Gasteiger partial charge in [-0.2, -0.15) is 0 Å². The normalized spacial score (nSPS) is 10.6. The van der Waals surface area contributed by atoms with E-state index in [1.165, 1.54) is 6.92 Å². The van der Waals surface area contributed by atoms with Crippen molar-refractivity contribution in [2.75, 3.05) is 19.5 Å². The smallest absolute Gasteiger partial charge is 0.256 e. The highest BCUT2D eigenvalue weighted by Gasteiger charge is 2.17. The van der Waals surface area contributed by atoms with Gasteiger partial charge in [-0.3, -0.25) is 9.59 Å². The van der Waals surface area contributed by atoms with Crippen molar-refractivity contribution in [2.24, 2.45) is 0 Å². The van der Waals surface area contributed by atoms with Crippen molar-refractivity contribution in [1.82, 2.24) is 4.98 Å². The number of pyridine rings is 1. The van der Waals surface area contributed by atoms with Crippen LogP contribution in [0.5, 0.6) is 11.5 Å². The van der Waals surface area contributed by atoms with Gasteiger partial charge in [0, 0.05) is 28.3 Å². The zero-order chi connectivity index (χ0) is 22.7. The van der Waals surface area contributed by atoms with Gasteiger partial charge in [0.05, 0.1) is 31.0 Å². The fraction of sp³-hybridized carbons (Fsp3) is 0.115. The number of carbonyl (C=O) groups is 2. The van der Waals surface area contributed by atoms with E-state index in [1.54, 1.807) is 50.6 Å². The second-order valence-corrected chi connectivity index (χ2v) is 7.23. The molecule has 0 radical (unpaired) electrons. The van der Waals surface area contributed by atoms with Gasteiger partial charge in [-0.15, -0.1) is 0 Å². The van der Waals surface area contributed by atoms with Crippen LogP contribution in [0.3, 0.4) is 0 Å². The number of nitrogens with zero attached hydrogens (tertiary/aromatic N) is 1. The second-order valence-electron chi connectivity index (χ2n) is 7.23. The second kappa shape index (κ2) is 8.89. The van der Waals surface area contributed by atoms with Crippen LogP contribution >= 0.6 is 0 Å². The molecular weight excluding hydrogens is 404 g/mol. The minimum Gasteiger partial charge on any atom is -0.497 e. The van der Waals surface area contributed by atoms with Crippen molar-refractivity contribution in [3.8, 4) is 22.8 Å². The molecule has 0 saturated heterocycles. The van der Waals surface area contributed by atoms with Crippen LogP contribution in [0, 0.1) is 0 Å². The van der Waals surface area contributed by atoms with E-state index in [1.807, 2.05) is 36.4 Å². The van der Waals surface area contributed by atoms with Crippen molar-refractivity contribution in [3.63, 3.8) is 0 Å². The maximum Gasteiger partial charge on any atom is 0.256 e. The Morgan fingerprint density at radius 1 is 0.875 bits per heavy atom. The molecule has 0 bridgehead atoms. The van der Waals surface area contributed by atoms with E-state index >= 15 is 0 Å². The van der Waals surface area contributed by atoms with Crippen molar-refractivity contribution in [1.29, 1.82) is 0 Å². The summed E-state index contributed by atoms with van der Waals surface area (Å²) in [5, 5.41) is 3.63. The minimum absolute atomic E-state index is 0.0654. The van der Waals surface area contributed by atoms with Gasteiger partial charge < -0.3 is 14.8 Å². The summed E-state index contributed by atoms with van der Waals surface area (Å²) >= 11 is 0. The van der Waals surface area contributed by atoms with E-state index in [2.05, 4.69) is 5.32 Å². The predicted molar refractivity (Wildman–Crippen MR) is 125 cm³/mol. The molecule has 0 fully saturated rings. The molecule has 3 aromatic carbocycles. The molecule has 0 unspecified atom stereocenters. The lowest BCUT2D eigenvalue weighted by atomic mass is 10.0. The summed E-state index contributed by atoms with van der Waals surface area (Å²) < 4.78 is 10.8. The summed E-state index contributed by atoms with van der Waals surface area (Å²) in [5.74, 6) is 0.893. The highest BCUT2D eigenvalue weighted by molar-refractivity contribution is 6.13. The van der Waals surface area contributed by atoms with Crippen LogP contribution in [0.4, 0.5) is 5.69 Å². The first-order valence-electron chi connectivity index (χ1n) is 10.0. The monoisotopic (exact) mass is 426 g/mol. The molecule has 160 valence electrons. The Bertz CT molecular complexity index is 1330. The molecule has 6 heteroatoms. The third kappa shape index (κ3) is 4.16. The standard InChI is InChI=1S/C26H22N2O4/c1-16(29)17-7-6-8-18(13-17)27-26(30)22-15-24(28-23-10-5-4-9-20(22)23)21-12-11-19(31-2)14-25(21)32-3/h4-15H,1-3H3,(H,27,30). The van der Waals surface area contributed by atoms with E-state index in [9.17, 15) is 9.59 Å². The Morgan fingerprint density at radius 2 is 1.69 bits per heavy atom. The molecule has 1 N–H and O–H groups in total. The van der Waals surface area contributed by atoms with E-state index in [0.717, 1.165) is 10.9 Å². The summed E-state index contributed by atoms with van der Waals surface area (Å²) in [6.45, 7) is 1.49. The van der Waals surface area contributed by atoms with Crippen LogP contribution in [0.1, 0.15) is 27.6 Å². The van der Waals surface area contributed by atoms with E-state index in [4.69, 9.17) is 14.5 Å². The highest BCUT2D eigenvalue weighted by atomic mass is 16.5. The van der Waals surface area contributed by atoms with Crippen LogP contribution in [-0.4, -0.2) is 30.9 Å². The maximum atomic E-state index is 13.3. The predicted octanol–water partition coefficient (Wildman–Crippen LogP) is 5.37. The zero-order valence-corrected chi connectivity index (χ0v) is 18.0. The average molecular weight is 426 g/mol. The molecule has 0 atom stereocenters. The lowest BCUT2D eigenvalue weighted by Crippen LogP contribution is -2.13. The van der Waals surface area contributed by atoms with E-state index < -0.39 is 0 Å². The molecule has 0 saturated carbocycles. The van der Waals surface area contributed by atoms with Gasteiger partial charge >= 0.3 is 0 Å². The van der Waals surface area contributed by atoms with Gasteiger partial charge in [-0.25, -0.2) is 4.98 Å². The SMILES string of the molecule is COc1ccc(-c2cc(C(=O)Nc3cccc(C(C)=O)c3)c3ccccc3n2)c(OC)c1. The molecule has 0 aliphatic carbocycles. The molecule has 4 rings (SSSR count). The number of hydrogen-bond donors (Lipinski definition) is 1. The highest BCUT2D eigenvalue weighted by Crippen LogP contribution is 2.34. The van der Waals surface area contributed by atoms with Crippen molar-refractivity contribution in [3.05, 3.63) is 83.9 Å². The Hall–Kier alpha value is -4.19. The number of ether oxygens (including phenoxy) is 2. The summed E-state index contributed by atoms with van der Waals surface area (Å²) in [4.78, 5) is 29.7. The number of fused-ring (bicyclic) bond motifs is 1. The Balaban J connectivity index is 1.80. The molecule has 0 aliphatic rings. The van der Waals surface area contributed by atoms with Gasteiger partial charge in [0.25, 0.3) is 5.91 Å². The van der Waals surface area contributed by atoms with Gasteiger partial charge in [-0.1, -0.05) is 30.3 Å². The number of Topliss-reactive ketones (excluding diaryl/α,β-unsaturated/α-hetero) is 1. The third-order valence-corrected chi connectivity index (χ3v) is 5.17. The van der Waals surface area contributed by atoms with E-state index in [-0.39, 0.29) is 11.7 Å². The van der Waals surface area contributed by atoms with Crippen LogP contribution in [0.25, 0.3) is 22.2 Å². The largest absolute Gasteiger partial charge is 0.497 e. The fourth-order valence-corrected chi connectivity index (χ4v) is 3.53. The lowest BCUT2D eigenvalue weighted by Gasteiger charge is -2.13. The summed E-state index contributed by atoms with van der Waals surface area (Å²) in [5.41, 5.74) is 3.58. The summed E-state index contributed by atoms with van der Waals surface area (Å²) in [6.07, 6.45) is 0. The number of rotatable bonds is 6. The van der Waals surface area contributed by atoms with Crippen LogP contribution in [-0.2, 0) is 0 Å². The Kier molecular flexibility index (Phi) is 5.85. The first kappa shape index (κ1) is 21.1. The first-order chi connectivity index (χ1) is 15.5. The number of hydrogen-bond acceptors (Lipinski definition) is 5. The Labute approximate surface area is 185 Å². The fourth-order valence-electron chi connectivity index (χ4n) is 3.53. The van der Waals surface area contributed by atoms with Gasteiger partial charge in [0.1, 0.15) is 11.5 Å². The van der Waals surface area contributed by atoms with Crippen LogP contribution in [0.2, 0.25) is 0 Å². The van der Waals surface area contributed by atoms with Crippen molar-refractivity contribution < 1.29 is 19.1 Å². The van der Waals surface area contributed by atoms with Gasteiger partial charge in [0.15, 0.2) is 5.78 Å². The van der Waals surface area contributed by atoms with Gasteiger partial charge in [-0.05, 0) is 43.3 Å². The number of anilines is 1. The molecule has 6 nitrogen and oxygen atoms in total. The number of benzene rings is 3. The van der Waals surface area contributed by atoms with Crippen molar-refractivity contribution in [2.45, 2.75) is 6.92 Å². The van der Waals surface area contributed by atoms with Crippen LogP contribution in [0.15, 0.2) is 72.8 Å². The number of ketones is 1. The third-order valence-electron chi connectivity index (χ3n) is 5.17. The summed E-state index contributed by atoms with van der Waals surface area (Å²) in [7, 11) is 3.17. The number of aromatic nitrogens is 1. The van der Waals surface area contributed by atoms with Gasteiger partial charge in [0.2, 0.25) is 0 Å².